The van der Waals surface area contributed by atoms with E-state index in [-0.39, 0.29) is 0 Å². The van der Waals surface area contributed by atoms with E-state index >= 15 is 0 Å². The van der Waals surface area contributed by atoms with Gasteiger partial charge in [0.1, 0.15) is 0 Å². The molecule has 1 aromatic carbocycles. The number of rotatable bonds is 4. The van der Waals surface area contributed by atoms with E-state index < -0.39 is 0 Å². The summed E-state index contributed by atoms with van der Waals surface area (Å²) < 4.78 is 0. The Balaban J connectivity index is 1.95. The first-order chi connectivity index (χ1) is 8.15. The molecular weight excluding hydrogens is 226 g/mol. The Morgan fingerprint density at radius 3 is 2.65 bits per heavy atom. The lowest BCUT2D eigenvalue weighted by Crippen LogP contribution is -2.17. The molecule has 17 heavy (non-hydrogen) atoms. The standard InChI is InChI=1S/C15H19NS/c1-11-5-4-6-14(9-11)13(3)16-10-15-8-7-12(2)17-15/h4-9,13,16H,10H2,1-3H3/t13-/m1/s1. The van der Waals surface area contributed by atoms with Gasteiger partial charge in [-0.05, 0) is 38.5 Å². The molecule has 0 amide bonds. The molecule has 0 saturated heterocycles. The summed E-state index contributed by atoms with van der Waals surface area (Å²) in [6.07, 6.45) is 0. The molecule has 1 atom stereocenters. The van der Waals surface area contributed by atoms with Crippen LogP contribution in [0.3, 0.4) is 0 Å². The highest BCUT2D eigenvalue weighted by atomic mass is 32.1. The van der Waals surface area contributed by atoms with Crippen LogP contribution >= 0.6 is 11.3 Å². The van der Waals surface area contributed by atoms with Crippen molar-refractivity contribution in [3.8, 4) is 0 Å². The summed E-state index contributed by atoms with van der Waals surface area (Å²) in [5.41, 5.74) is 2.68. The van der Waals surface area contributed by atoms with Crippen LogP contribution in [-0.4, -0.2) is 0 Å². The van der Waals surface area contributed by atoms with Gasteiger partial charge >= 0.3 is 0 Å². The number of hydrogen-bond donors (Lipinski definition) is 1. The molecule has 2 rings (SSSR count). The lowest BCUT2D eigenvalue weighted by atomic mass is 10.1. The van der Waals surface area contributed by atoms with Crippen LogP contribution in [0, 0.1) is 13.8 Å². The molecule has 0 fully saturated rings. The van der Waals surface area contributed by atoms with Gasteiger partial charge < -0.3 is 5.32 Å². The van der Waals surface area contributed by atoms with Crippen molar-refractivity contribution >= 4 is 11.3 Å². The zero-order valence-electron chi connectivity index (χ0n) is 10.7. The van der Waals surface area contributed by atoms with Gasteiger partial charge in [0.2, 0.25) is 0 Å². The molecule has 2 heteroatoms. The van der Waals surface area contributed by atoms with Crippen molar-refractivity contribution in [3.63, 3.8) is 0 Å². The zero-order chi connectivity index (χ0) is 12.3. The summed E-state index contributed by atoms with van der Waals surface area (Å²) in [5.74, 6) is 0. The Labute approximate surface area is 108 Å². The Morgan fingerprint density at radius 1 is 1.18 bits per heavy atom. The van der Waals surface area contributed by atoms with E-state index in [4.69, 9.17) is 0 Å². The fourth-order valence-corrected chi connectivity index (χ4v) is 2.73. The molecule has 0 aliphatic heterocycles. The van der Waals surface area contributed by atoms with Crippen molar-refractivity contribution in [1.29, 1.82) is 0 Å². The van der Waals surface area contributed by atoms with Crippen LogP contribution in [0.1, 0.15) is 33.8 Å². The monoisotopic (exact) mass is 245 g/mol. The minimum Gasteiger partial charge on any atom is -0.305 e. The lowest BCUT2D eigenvalue weighted by molar-refractivity contribution is 0.578. The normalized spacial score (nSPS) is 12.6. The smallest absolute Gasteiger partial charge is 0.0305 e. The quantitative estimate of drug-likeness (QED) is 0.850. The molecule has 90 valence electrons. The Bertz CT molecular complexity index is 487. The van der Waals surface area contributed by atoms with Gasteiger partial charge in [0.05, 0.1) is 0 Å². The average molecular weight is 245 g/mol. The second-order valence-corrected chi connectivity index (χ2v) is 5.90. The Kier molecular flexibility index (Phi) is 3.97. The van der Waals surface area contributed by atoms with Crippen LogP contribution in [0.4, 0.5) is 0 Å². The van der Waals surface area contributed by atoms with Gasteiger partial charge in [0, 0.05) is 22.3 Å². The van der Waals surface area contributed by atoms with Crippen LogP contribution in [0.25, 0.3) is 0 Å². The van der Waals surface area contributed by atoms with Crippen molar-refractivity contribution in [1.82, 2.24) is 5.32 Å². The zero-order valence-corrected chi connectivity index (χ0v) is 11.5. The lowest BCUT2D eigenvalue weighted by Gasteiger charge is -2.14. The summed E-state index contributed by atoms with van der Waals surface area (Å²) in [6, 6.07) is 13.5. The minimum absolute atomic E-state index is 0.400. The first kappa shape index (κ1) is 12.3. The van der Waals surface area contributed by atoms with Crippen LogP contribution in [0.5, 0.6) is 0 Å². The van der Waals surface area contributed by atoms with Crippen molar-refractivity contribution in [2.24, 2.45) is 0 Å². The van der Waals surface area contributed by atoms with Crippen LogP contribution < -0.4 is 5.32 Å². The van der Waals surface area contributed by atoms with E-state index in [2.05, 4.69) is 62.5 Å². The summed E-state index contributed by atoms with van der Waals surface area (Å²) in [6.45, 7) is 7.46. The molecule has 2 aromatic rings. The highest BCUT2D eigenvalue weighted by Gasteiger charge is 2.05. The van der Waals surface area contributed by atoms with E-state index in [1.165, 1.54) is 20.9 Å². The van der Waals surface area contributed by atoms with E-state index in [0.717, 1.165) is 6.54 Å². The van der Waals surface area contributed by atoms with E-state index in [1.54, 1.807) is 0 Å². The van der Waals surface area contributed by atoms with Crippen molar-refractivity contribution in [3.05, 3.63) is 57.3 Å². The predicted molar refractivity (Wildman–Crippen MR) is 75.5 cm³/mol. The fraction of sp³-hybridized carbons (Fsp3) is 0.333. The second kappa shape index (κ2) is 5.48. The van der Waals surface area contributed by atoms with E-state index in [0.29, 0.717) is 6.04 Å². The highest BCUT2D eigenvalue weighted by molar-refractivity contribution is 7.11. The Morgan fingerprint density at radius 2 is 2.00 bits per heavy atom. The molecule has 0 spiro atoms. The molecule has 1 nitrogen and oxygen atoms in total. The summed E-state index contributed by atoms with van der Waals surface area (Å²) >= 11 is 1.87. The second-order valence-electron chi connectivity index (χ2n) is 4.53. The number of benzene rings is 1. The molecule has 1 heterocycles. The maximum absolute atomic E-state index is 3.57. The van der Waals surface area contributed by atoms with Crippen LogP contribution in [0.2, 0.25) is 0 Å². The predicted octanol–water partition coefficient (Wildman–Crippen LogP) is 4.22. The third kappa shape index (κ3) is 3.42. The van der Waals surface area contributed by atoms with Crippen molar-refractivity contribution < 1.29 is 0 Å². The third-order valence-corrected chi connectivity index (χ3v) is 3.92. The number of hydrogen-bond acceptors (Lipinski definition) is 2. The summed E-state index contributed by atoms with van der Waals surface area (Å²) in [7, 11) is 0. The fourth-order valence-electron chi connectivity index (χ4n) is 1.89. The van der Waals surface area contributed by atoms with Gasteiger partial charge in [-0.15, -0.1) is 11.3 Å². The highest BCUT2D eigenvalue weighted by Crippen LogP contribution is 2.18. The molecule has 0 saturated carbocycles. The average Bonchev–Trinajstić information content (AvgIpc) is 2.72. The molecule has 1 N–H and O–H groups in total. The van der Waals surface area contributed by atoms with Crippen LogP contribution in [0.15, 0.2) is 36.4 Å². The topological polar surface area (TPSA) is 12.0 Å². The van der Waals surface area contributed by atoms with Crippen LogP contribution in [-0.2, 0) is 6.54 Å². The molecule has 0 unspecified atom stereocenters. The van der Waals surface area contributed by atoms with E-state index in [1.807, 2.05) is 11.3 Å². The molecular formula is C15H19NS. The number of aryl methyl sites for hydroxylation is 2. The maximum Gasteiger partial charge on any atom is 0.0305 e. The summed E-state index contributed by atoms with van der Waals surface area (Å²) in [4.78, 5) is 2.78. The molecule has 0 aliphatic rings. The number of thiophene rings is 1. The SMILES string of the molecule is Cc1cccc([C@@H](C)NCc2ccc(C)s2)c1. The van der Waals surface area contributed by atoms with E-state index in [9.17, 15) is 0 Å². The van der Waals surface area contributed by atoms with Gasteiger partial charge in [-0.2, -0.15) is 0 Å². The minimum atomic E-state index is 0.400. The van der Waals surface area contributed by atoms with Gasteiger partial charge in [-0.25, -0.2) is 0 Å². The van der Waals surface area contributed by atoms with Gasteiger partial charge in [0.25, 0.3) is 0 Å². The van der Waals surface area contributed by atoms with Gasteiger partial charge in [0.15, 0.2) is 0 Å². The largest absolute Gasteiger partial charge is 0.305 e. The van der Waals surface area contributed by atoms with Gasteiger partial charge in [-0.3, -0.25) is 0 Å². The molecule has 0 bridgehead atoms. The van der Waals surface area contributed by atoms with Gasteiger partial charge in [-0.1, -0.05) is 29.8 Å². The van der Waals surface area contributed by atoms with Crippen molar-refractivity contribution in [2.75, 3.05) is 0 Å². The molecule has 1 aromatic heterocycles. The maximum atomic E-state index is 3.57. The first-order valence-corrected chi connectivity index (χ1v) is 6.82. The van der Waals surface area contributed by atoms with Crippen molar-refractivity contribution in [2.45, 2.75) is 33.4 Å². The molecule has 0 aliphatic carbocycles. The first-order valence-electron chi connectivity index (χ1n) is 6.00. The third-order valence-electron chi connectivity index (χ3n) is 2.92. The molecule has 0 radical (unpaired) electrons. The summed E-state index contributed by atoms with van der Waals surface area (Å²) in [5, 5.41) is 3.57. The number of nitrogens with one attached hydrogen (secondary N) is 1. The Hall–Kier alpha value is -1.12.